The van der Waals surface area contributed by atoms with Gasteiger partial charge in [0.25, 0.3) is 0 Å². The van der Waals surface area contributed by atoms with Gasteiger partial charge in [-0.2, -0.15) is 0 Å². The second-order valence-corrected chi connectivity index (χ2v) is 6.01. The number of carbonyl (C=O) groups is 2. The molecule has 21 heavy (non-hydrogen) atoms. The van der Waals surface area contributed by atoms with Crippen LogP contribution in [0.2, 0.25) is 0 Å². The molecular weight excluding hydrogens is 268 g/mol. The number of carbonyl (C=O) groups excluding carboxylic acids is 2. The summed E-state index contributed by atoms with van der Waals surface area (Å²) in [6.07, 6.45) is 1.35. The molecule has 5 nitrogen and oxygen atoms in total. The van der Waals surface area contributed by atoms with E-state index in [9.17, 15) is 14.7 Å². The van der Waals surface area contributed by atoms with E-state index in [1.54, 1.807) is 0 Å². The first kappa shape index (κ1) is 15.9. The SMILES string of the molecule is CC(=O)c1c(C)[nH]c(C(=O)[C@@H](C)N2CCC[C@@H](O)C2)c1C. The van der Waals surface area contributed by atoms with Crippen LogP contribution in [0.15, 0.2) is 0 Å². The monoisotopic (exact) mass is 292 g/mol. The molecule has 1 aromatic heterocycles. The standard InChI is InChI=1S/C16H24N2O3/c1-9-14(12(4)19)10(2)17-15(9)16(21)11(3)18-7-5-6-13(20)8-18/h11,13,17,20H,5-8H2,1-4H3/t11-,13-/m1/s1. The summed E-state index contributed by atoms with van der Waals surface area (Å²) in [6, 6.07) is -0.295. The topological polar surface area (TPSA) is 73.4 Å². The number of aromatic nitrogens is 1. The van der Waals surface area contributed by atoms with Crippen LogP contribution >= 0.6 is 0 Å². The molecular formula is C16H24N2O3. The number of ketones is 2. The van der Waals surface area contributed by atoms with Crippen LogP contribution in [0.5, 0.6) is 0 Å². The third-order valence-electron chi connectivity index (χ3n) is 4.39. The Morgan fingerprint density at radius 1 is 1.38 bits per heavy atom. The average molecular weight is 292 g/mol. The first-order chi connectivity index (χ1) is 9.82. The Balaban J connectivity index is 2.23. The van der Waals surface area contributed by atoms with Crippen LogP contribution in [-0.2, 0) is 0 Å². The predicted molar refractivity (Wildman–Crippen MR) is 80.9 cm³/mol. The summed E-state index contributed by atoms with van der Waals surface area (Å²) in [5.74, 6) is -0.0430. The molecule has 2 atom stereocenters. The fourth-order valence-corrected chi connectivity index (χ4v) is 3.23. The summed E-state index contributed by atoms with van der Waals surface area (Å²) in [5, 5.41) is 9.75. The number of nitrogens with zero attached hydrogens (tertiary/aromatic N) is 1. The summed E-state index contributed by atoms with van der Waals surface area (Å²) in [7, 11) is 0. The summed E-state index contributed by atoms with van der Waals surface area (Å²) in [6.45, 7) is 8.36. The van der Waals surface area contributed by atoms with E-state index in [0.717, 1.165) is 30.6 Å². The number of β-amino-alcohol motifs (C(OH)–C–C–N with tert-alkyl or cyclic N) is 1. The fourth-order valence-electron chi connectivity index (χ4n) is 3.23. The molecule has 0 radical (unpaired) electrons. The van der Waals surface area contributed by atoms with Crippen LogP contribution in [0.4, 0.5) is 0 Å². The van der Waals surface area contributed by atoms with Crippen LogP contribution in [0, 0.1) is 13.8 Å². The van der Waals surface area contributed by atoms with E-state index < -0.39 is 0 Å². The highest BCUT2D eigenvalue weighted by Crippen LogP contribution is 2.22. The number of aliphatic hydroxyl groups is 1. The number of H-pyrrole nitrogens is 1. The highest BCUT2D eigenvalue weighted by Gasteiger charge is 2.30. The first-order valence-corrected chi connectivity index (χ1v) is 7.49. The smallest absolute Gasteiger partial charge is 0.196 e. The van der Waals surface area contributed by atoms with Gasteiger partial charge in [-0.1, -0.05) is 0 Å². The van der Waals surface area contributed by atoms with Crippen LogP contribution in [-0.4, -0.2) is 51.8 Å². The number of likely N-dealkylation sites (tertiary alicyclic amines) is 1. The molecule has 1 aromatic rings. The van der Waals surface area contributed by atoms with Crippen molar-refractivity contribution in [2.75, 3.05) is 13.1 Å². The number of piperidine rings is 1. The lowest BCUT2D eigenvalue weighted by Gasteiger charge is -2.33. The molecule has 0 aromatic carbocycles. The number of hydrogen-bond donors (Lipinski definition) is 2. The molecule has 1 aliphatic heterocycles. The molecule has 116 valence electrons. The van der Waals surface area contributed by atoms with Gasteiger partial charge >= 0.3 is 0 Å². The van der Waals surface area contributed by atoms with Crippen molar-refractivity contribution in [1.29, 1.82) is 0 Å². The lowest BCUT2D eigenvalue weighted by Crippen LogP contribution is -2.47. The van der Waals surface area contributed by atoms with Crippen molar-refractivity contribution in [3.8, 4) is 0 Å². The van der Waals surface area contributed by atoms with Crippen LogP contribution < -0.4 is 0 Å². The van der Waals surface area contributed by atoms with Crippen molar-refractivity contribution in [2.24, 2.45) is 0 Å². The summed E-state index contributed by atoms with van der Waals surface area (Å²) >= 11 is 0. The number of hydrogen-bond acceptors (Lipinski definition) is 4. The van der Waals surface area contributed by atoms with Crippen molar-refractivity contribution >= 4 is 11.6 Å². The van der Waals surface area contributed by atoms with E-state index in [1.807, 2.05) is 25.7 Å². The Kier molecular flexibility index (Phi) is 4.64. The molecule has 0 saturated carbocycles. The fraction of sp³-hybridized carbons (Fsp3) is 0.625. The molecule has 0 spiro atoms. The van der Waals surface area contributed by atoms with Gasteiger partial charge in [-0.3, -0.25) is 14.5 Å². The predicted octanol–water partition coefficient (Wildman–Crippen LogP) is 1.86. The quantitative estimate of drug-likeness (QED) is 0.831. The molecule has 2 N–H and O–H groups in total. The summed E-state index contributed by atoms with van der Waals surface area (Å²) in [5.41, 5.74) is 2.61. The van der Waals surface area contributed by atoms with Crippen LogP contribution in [0.25, 0.3) is 0 Å². The van der Waals surface area contributed by atoms with E-state index in [-0.39, 0.29) is 23.7 Å². The molecule has 2 heterocycles. The number of nitrogens with one attached hydrogen (secondary N) is 1. The lowest BCUT2D eigenvalue weighted by atomic mass is 10.00. The van der Waals surface area contributed by atoms with Gasteiger partial charge in [0.1, 0.15) is 0 Å². The molecule has 1 fully saturated rings. The van der Waals surface area contributed by atoms with Gasteiger partial charge in [-0.25, -0.2) is 0 Å². The molecule has 2 rings (SSSR count). The molecule has 0 unspecified atom stereocenters. The van der Waals surface area contributed by atoms with E-state index in [1.165, 1.54) is 6.92 Å². The van der Waals surface area contributed by atoms with E-state index >= 15 is 0 Å². The zero-order valence-electron chi connectivity index (χ0n) is 13.2. The highest BCUT2D eigenvalue weighted by molar-refractivity contribution is 6.05. The number of rotatable bonds is 4. The van der Waals surface area contributed by atoms with Gasteiger partial charge in [0.2, 0.25) is 0 Å². The lowest BCUT2D eigenvalue weighted by molar-refractivity contribution is 0.0452. The third-order valence-corrected chi connectivity index (χ3v) is 4.39. The van der Waals surface area contributed by atoms with Gasteiger partial charge < -0.3 is 10.1 Å². The Hall–Kier alpha value is -1.46. The minimum absolute atomic E-state index is 0.0165. The zero-order chi connectivity index (χ0) is 15.7. The normalized spacial score (nSPS) is 21.3. The Bertz CT molecular complexity index is 562. The van der Waals surface area contributed by atoms with Crippen molar-refractivity contribution in [1.82, 2.24) is 9.88 Å². The van der Waals surface area contributed by atoms with Crippen molar-refractivity contribution in [3.05, 3.63) is 22.5 Å². The van der Waals surface area contributed by atoms with Crippen LogP contribution in [0.1, 0.15) is 58.8 Å². The Morgan fingerprint density at radius 3 is 2.57 bits per heavy atom. The van der Waals surface area contributed by atoms with Crippen molar-refractivity contribution in [2.45, 2.75) is 52.7 Å². The minimum Gasteiger partial charge on any atom is -0.392 e. The molecule has 0 aliphatic carbocycles. The second kappa shape index (κ2) is 6.12. The number of aromatic amines is 1. The largest absolute Gasteiger partial charge is 0.392 e. The zero-order valence-corrected chi connectivity index (χ0v) is 13.2. The molecule has 1 saturated heterocycles. The second-order valence-electron chi connectivity index (χ2n) is 6.01. The number of Topliss-reactive ketones (excluding diaryl/α,β-unsaturated/α-hetero) is 2. The van der Waals surface area contributed by atoms with Gasteiger partial charge in [-0.15, -0.1) is 0 Å². The van der Waals surface area contributed by atoms with Crippen LogP contribution in [0.3, 0.4) is 0 Å². The van der Waals surface area contributed by atoms with Crippen molar-refractivity contribution < 1.29 is 14.7 Å². The maximum Gasteiger partial charge on any atom is 0.196 e. The van der Waals surface area contributed by atoms with Gasteiger partial charge in [0.15, 0.2) is 11.6 Å². The molecule has 5 heteroatoms. The van der Waals surface area contributed by atoms with E-state index in [2.05, 4.69) is 4.98 Å². The Morgan fingerprint density at radius 2 is 2.05 bits per heavy atom. The maximum absolute atomic E-state index is 12.7. The first-order valence-electron chi connectivity index (χ1n) is 7.49. The van der Waals surface area contributed by atoms with Gasteiger partial charge in [-0.05, 0) is 52.6 Å². The van der Waals surface area contributed by atoms with E-state index in [4.69, 9.17) is 0 Å². The minimum atomic E-state index is -0.353. The van der Waals surface area contributed by atoms with Gasteiger partial charge in [0.05, 0.1) is 17.8 Å². The molecule has 0 bridgehead atoms. The highest BCUT2D eigenvalue weighted by atomic mass is 16.3. The average Bonchev–Trinajstić information content (AvgIpc) is 2.72. The molecule has 1 aliphatic rings. The Labute approximate surface area is 125 Å². The van der Waals surface area contributed by atoms with E-state index in [0.29, 0.717) is 17.8 Å². The maximum atomic E-state index is 12.7. The summed E-state index contributed by atoms with van der Waals surface area (Å²) < 4.78 is 0. The van der Waals surface area contributed by atoms with Crippen molar-refractivity contribution in [3.63, 3.8) is 0 Å². The van der Waals surface area contributed by atoms with Gasteiger partial charge in [0, 0.05) is 17.8 Å². The number of aliphatic hydroxyl groups excluding tert-OH is 1. The third kappa shape index (κ3) is 3.09. The molecule has 0 amide bonds. The number of aryl methyl sites for hydroxylation is 1. The summed E-state index contributed by atoms with van der Waals surface area (Å²) in [4.78, 5) is 29.4.